The lowest BCUT2D eigenvalue weighted by molar-refractivity contribution is -0.169. The first-order valence-electron chi connectivity index (χ1n) is 9.78. The van der Waals surface area contributed by atoms with Gasteiger partial charge in [-0.2, -0.15) is 0 Å². The van der Waals surface area contributed by atoms with Crippen molar-refractivity contribution in [2.45, 2.75) is 84.7 Å². The molecular formula is C21H31ClO4. The lowest BCUT2D eigenvalue weighted by atomic mass is 9.54. The minimum Gasteiger partial charge on any atom is -0.462 e. The van der Waals surface area contributed by atoms with E-state index in [-0.39, 0.29) is 40.9 Å². The Morgan fingerprint density at radius 1 is 1.27 bits per heavy atom. The molecule has 0 aromatic carbocycles. The SMILES string of the molecule is CC(=O)O[C@H]1CCCC2C(CCC(=O)CCC=C(C)Cl)C(=O)CCC21C. The molecule has 2 saturated carbocycles. The first-order valence-corrected chi connectivity index (χ1v) is 10.2. The molecule has 0 radical (unpaired) electrons. The van der Waals surface area contributed by atoms with Crippen molar-refractivity contribution in [2.24, 2.45) is 17.3 Å². The quantitative estimate of drug-likeness (QED) is 0.583. The highest BCUT2D eigenvalue weighted by Gasteiger charge is 2.52. The third kappa shape index (κ3) is 5.18. The van der Waals surface area contributed by atoms with Crippen molar-refractivity contribution in [1.82, 2.24) is 0 Å². The van der Waals surface area contributed by atoms with Crippen LogP contribution in [0.3, 0.4) is 0 Å². The number of hydrogen-bond acceptors (Lipinski definition) is 4. The number of ether oxygens (including phenoxy) is 1. The fraction of sp³-hybridized carbons (Fsp3) is 0.762. The van der Waals surface area contributed by atoms with Crippen molar-refractivity contribution in [1.29, 1.82) is 0 Å². The van der Waals surface area contributed by atoms with Crippen LogP contribution in [-0.4, -0.2) is 23.6 Å². The van der Waals surface area contributed by atoms with E-state index in [4.69, 9.17) is 16.3 Å². The summed E-state index contributed by atoms with van der Waals surface area (Å²) in [4.78, 5) is 36.3. The average Bonchev–Trinajstić information content (AvgIpc) is 2.55. The molecule has 0 amide bonds. The number of carbonyl (C=O) groups is 3. The Morgan fingerprint density at radius 3 is 2.65 bits per heavy atom. The molecule has 4 nitrogen and oxygen atoms in total. The van der Waals surface area contributed by atoms with Gasteiger partial charge in [0.25, 0.3) is 0 Å². The number of Topliss-reactive ketones (excluding diaryl/α,β-unsaturated/α-hetero) is 2. The predicted octanol–water partition coefficient (Wildman–Crippen LogP) is 4.98. The number of allylic oxidation sites excluding steroid dienone is 2. The molecule has 5 heteroatoms. The Kier molecular flexibility index (Phi) is 7.45. The summed E-state index contributed by atoms with van der Waals surface area (Å²) in [5.74, 6) is 0.343. The van der Waals surface area contributed by atoms with Gasteiger partial charge in [0, 0.05) is 42.6 Å². The molecule has 0 aromatic heterocycles. The van der Waals surface area contributed by atoms with E-state index < -0.39 is 0 Å². The third-order valence-corrected chi connectivity index (χ3v) is 6.42. The highest BCUT2D eigenvalue weighted by atomic mass is 35.5. The number of carbonyl (C=O) groups excluding carboxylic acids is 3. The van der Waals surface area contributed by atoms with E-state index in [0.717, 1.165) is 25.7 Å². The third-order valence-electron chi connectivity index (χ3n) is 6.26. The Labute approximate surface area is 161 Å². The van der Waals surface area contributed by atoms with Crippen LogP contribution in [0.4, 0.5) is 0 Å². The summed E-state index contributed by atoms with van der Waals surface area (Å²) in [7, 11) is 0. The second-order valence-electron chi connectivity index (χ2n) is 8.12. The number of halogens is 1. The van der Waals surface area contributed by atoms with E-state index in [1.54, 1.807) is 6.92 Å². The summed E-state index contributed by atoms with van der Waals surface area (Å²) in [5, 5.41) is 0.703. The number of ketones is 2. The fourth-order valence-corrected chi connectivity index (χ4v) is 4.97. The molecule has 0 heterocycles. The maximum absolute atomic E-state index is 12.6. The molecule has 2 aliphatic rings. The zero-order valence-electron chi connectivity index (χ0n) is 16.2. The minimum atomic E-state index is -0.247. The van der Waals surface area contributed by atoms with Crippen LogP contribution in [0.15, 0.2) is 11.1 Å². The van der Waals surface area contributed by atoms with Gasteiger partial charge in [-0.1, -0.05) is 24.6 Å². The van der Waals surface area contributed by atoms with Crippen LogP contribution in [0.1, 0.15) is 78.6 Å². The molecule has 26 heavy (non-hydrogen) atoms. The number of rotatable bonds is 7. The van der Waals surface area contributed by atoms with E-state index >= 15 is 0 Å². The molecule has 0 N–H and O–H groups in total. The van der Waals surface area contributed by atoms with Crippen molar-refractivity contribution in [3.63, 3.8) is 0 Å². The highest BCUT2D eigenvalue weighted by Crippen LogP contribution is 2.53. The fourth-order valence-electron chi connectivity index (χ4n) is 4.86. The predicted molar refractivity (Wildman–Crippen MR) is 102 cm³/mol. The molecule has 2 aliphatic carbocycles. The summed E-state index contributed by atoms with van der Waals surface area (Å²) in [6.07, 6.45) is 8.06. The summed E-state index contributed by atoms with van der Waals surface area (Å²) in [6, 6.07) is 0. The van der Waals surface area contributed by atoms with Gasteiger partial charge in [-0.3, -0.25) is 14.4 Å². The van der Waals surface area contributed by atoms with Crippen molar-refractivity contribution in [3.8, 4) is 0 Å². The molecular weight excluding hydrogens is 352 g/mol. The Morgan fingerprint density at radius 2 is 2.00 bits per heavy atom. The lowest BCUT2D eigenvalue weighted by Crippen LogP contribution is -2.52. The molecule has 0 aliphatic heterocycles. The van der Waals surface area contributed by atoms with Gasteiger partial charge in [0.05, 0.1) is 0 Å². The number of esters is 1. The summed E-state index contributed by atoms with van der Waals surface area (Å²) in [6.45, 7) is 5.42. The number of hydrogen-bond donors (Lipinski definition) is 0. The van der Waals surface area contributed by atoms with Crippen LogP contribution in [0.5, 0.6) is 0 Å². The first kappa shape index (κ1) is 21.1. The molecule has 2 rings (SSSR count). The molecule has 0 spiro atoms. The second-order valence-corrected chi connectivity index (χ2v) is 8.72. The van der Waals surface area contributed by atoms with Gasteiger partial charge in [0.1, 0.15) is 17.7 Å². The zero-order chi connectivity index (χ0) is 19.3. The van der Waals surface area contributed by atoms with Gasteiger partial charge < -0.3 is 4.74 Å². The molecule has 3 unspecified atom stereocenters. The largest absolute Gasteiger partial charge is 0.462 e. The van der Waals surface area contributed by atoms with E-state index in [2.05, 4.69) is 6.92 Å². The van der Waals surface area contributed by atoms with Gasteiger partial charge in [0.2, 0.25) is 0 Å². The second kappa shape index (κ2) is 9.16. The van der Waals surface area contributed by atoms with Crippen LogP contribution in [0.25, 0.3) is 0 Å². The summed E-state index contributed by atoms with van der Waals surface area (Å²) >= 11 is 5.79. The Bertz CT molecular complexity index is 579. The molecule has 4 atom stereocenters. The maximum Gasteiger partial charge on any atom is 0.302 e. The van der Waals surface area contributed by atoms with Crippen molar-refractivity contribution < 1.29 is 19.1 Å². The monoisotopic (exact) mass is 382 g/mol. The maximum atomic E-state index is 12.6. The first-order chi connectivity index (χ1) is 12.2. The molecule has 2 fully saturated rings. The van der Waals surface area contributed by atoms with Crippen molar-refractivity contribution >= 4 is 29.1 Å². The van der Waals surface area contributed by atoms with Gasteiger partial charge in [0.15, 0.2) is 0 Å². The highest BCUT2D eigenvalue weighted by molar-refractivity contribution is 6.29. The zero-order valence-corrected chi connectivity index (χ0v) is 16.9. The molecule has 0 bridgehead atoms. The van der Waals surface area contributed by atoms with E-state index in [0.29, 0.717) is 37.1 Å². The standard InChI is InChI=1S/C21H31ClO4/c1-14(22)6-4-7-16(24)10-11-17-18-8-5-9-20(26-15(2)23)21(18,3)13-12-19(17)25/h6,17-18,20H,4-5,7-13H2,1-3H3/t17?,18?,20-,21?/m0/s1. The molecule has 146 valence electrons. The molecule has 0 aromatic rings. The van der Waals surface area contributed by atoms with E-state index in [1.165, 1.54) is 6.92 Å². The van der Waals surface area contributed by atoms with Crippen LogP contribution < -0.4 is 0 Å². The summed E-state index contributed by atoms with van der Waals surface area (Å²) < 4.78 is 5.61. The van der Waals surface area contributed by atoms with Gasteiger partial charge >= 0.3 is 5.97 Å². The van der Waals surface area contributed by atoms with Crippen LogP contribution in [0.2, 0.25) is 0 Å². The normalized spacial score (nSPS) is 32.1. The Hall–Kier alpha value is -1.16. The molecule has 0 saturated heterocycles. The van der Waals surface area contributed by atoms with Crippen molar-refractivity contribution in [2.75, 3.05) is 0 Å². The Balaban J connectivity index is 2.01. The van der Waals surface area contributed by atoms with Crippen molar-refractivity contribution in [3.05, 3.63) is 11.1 Å². The minimum absolute atomic E-state index is 0.0821. The smallest absolute Gasteiger partial charge is 0.302 e. The average molecular weight is 383 g/mol. The van der Waals surface area contributed by atoms with Gasteiger partial charge in [-0.25, -0.2) is 0 Å². The van der Waals surface area contributed by atoms with Crippen LogP contribution in [0, 0.1) is 17.3 Å². The van der Waals surface area contributed by atoms with Gasteiger partial charge in [-0.05, 0) is 51.4 Å². The van der Waals surface area contributed by atoms with E-state index in [9.17, 15) is 14.4 Å². The van der Waals surface area contributed by atoms with Crippen LogP contribution in [-0.2, 0) is 19.1 Å². The van der Waals surface area contributed by atoms with Crippen LogP contribution >= 0.6 is 11.6 Å². The number of fused-ring (bicyclic) bond motifs is 1. The summed E-state index contributed by atoms with van der Waals surface area (Å²) in [5.41, 5.74) is -0.149. The lowest BCUT2D eigenvalue weighted by Gasteiger charge is -2.52. The van der Waals surface area contributed by atoms with Gasteiger partial charge in [-0.15, -0.1) is 0 Å². The van der Waals surface area contributed by atoms with E-state index in [1.807, 2.05) is 6.08 Å². The topological polar surface area (TPSA) is 60.4 Å².